The highest BCUT2D eigenvalue weighted by Gasteiger charge is 2.14. The van der Waals surface area contributed by atoms with Crippen molar-refractivity contribution in [1.82, 2.24) is 9.66 Å². The lowest BCUT2D eigenvalue weighted by Gasteiger charge is -2.12. The highest BCUT2D eigenvalue weighted by molar-refractivity contribution is 7.89. The lowest BCUT2D eigenvalue weighted by Crippen LogP contribution is -2.18. The van der Waals surface area contributed by atoms with Crippen molar-refractivity contribution in [2.45, 2.75) is 23.6 Å². The molecule has 4 aromatic carbocycles. The van der Waals surface area contributed by atoms with Gasteiger partial charge in [0.05, 0.1) is 29.3 Å². The molecule has 0 saturated carbocycles. The number of methoxy groups -OCH3 is 1. The van der Waals surface area contributed by atoms with E-state index in [-0.39, 0.29) is 9.79 Å². The average molecular weight is 577 g/mol. The lowest BCUT2D eigenvalue weighted by molar-refractivity contribution is 0.415. The van der Waals surface area contributed by atoms with E-state index in [1.54, 1.807) is 54.6 Å². The Morgan fingerprint density at radius 3 is 1.60 bits per heavy atom. The Balaban J connectivity index is 1.62. The molecule has 4 rings (SSSR count). The average Bonchev–Trinajstić information content (AvgIpc) is 2.94. The third kappa shape index (κ3) is 6.93. The van der Waals surface area contributed by atoms with Gasteiger partial charge < -0.3 is 4.74 Å². The summed E-state index contributed by atoms with van der Waals surface area (Å²) in [5.74, 6) is 0.569. The number of ether oxygens (including phenoxy) is 1. The number of nitrogens with one attached hydrogen (secondary N) is 2. The van der Waals surface area contributed by atoms with Gasteiger partial charge in [0.1, 0.15) is 5.75 Å². The fourth-order valence-electron chi connectivity index (χ4n) is 3.73. The molecule has 4 aromatic rings. The molecular formula is C29H28N4O5S2. The summed E-state index contributed by atoms with van der Waals surface area (Å²) in [4.78, 5) is 4.68. The van der Waals surface area contributed by atoms with Gasteiger partial charge in [-0.2, -0.15) is 27.0 Å². The van der Waals surface area contributed by atoms with E-state index in [1.165, 1.54) is 43.8 Å². The van der Waals surface area contributed by atoms with Gasteiger partial charge in [-0.05, 0) is 67.4 Å². The smallest absolute Gasteiger partial charge is 0.276 e. The highest BCUT2D eigenvalue weighted by atomic mass is 32.2. The van der Waals surface area contributed by atoms with E-state index in [0.717, 1.165) is 11.1 Å². The highest BCUT2D eigenvalue weighted by Crippen LogP contribution is 2.29. The largest absolute Gasteiger partial charge is 0.497 e. The second-order valence-corrected chi connectivity index (χ2v) is 12.2. The first-order chi connectivity index (χ1) is 19.1. The first-order valence-electron chi connectivity index (χ1n) is 12.1. The van der Waals surface area contributed by atoms with Crippen LogP contribution in [0.2, 0.25) is 0 Å². The van der Waals surface area contributed by atoms with Crippen molar-refractivity contribution >= 4 is 32.5 Å². The van der Waals surface area contributed by atoms with Crippen LogP contribution in [0.4, 0.5) is 0 Å². The molecule has 2 N–H and O–H groups in total. The molecule has 0 aliphatic rings. The molecule has 0 saturated heterocycles. The SMILES string of the molecule is COc1ccc(/C=N/NS(=O)(=O)c2ccc(C)cc2)c(-c2ccccc2/C=N/NS(=O)(=O)c2ccc(C)cc2)c1. The van der Waals surface area contributed by atoms with Gasteiger partial charge in [0.2, 0.25) is 0 Å². The second kappa shape index (κ2) is 12.1. The van der Waals surface area contributed by atoms with Crippen LogP contribution in [0, 0.1) is 13.8 Å². The maximum Gasteiger partial charge on any atom is 0.276 e. The standard InChI is InChI=1S/C29H28N4O5S2/c1-21-8-14-26(15-9-21)39(34,35)32-30-19-23-6-4-5-7-28(23)29-18-25(38-3)13-12-24(29)20-31-33-40(36,37)27-16-10-22(2)11-17-27/h4-20,32-33H,1-3H3/b30-19+,31-20+. The number of aryl methyl sites for hydroxylation is 2. The Morgan fingerprint density at radius 1 is 0.625 bits per heavy atom. The van der Waals surface area contributed by atoms with Gasteiger partial charge in [-0.1, -0.05) is 59.7 Å². The third-order valence-corrected chi connectivity index (χ3v) is 8.40. The Kier molecular flexibility index (Phi) is 8.66. The Hall–Kier alpha value is -4.48. The van der Waals surface area contributed by atoms with Crippen molar-refractivity contribution in [2.24, 2.45) is 10.2 Å². The third-order valence-electron chi connectivity index (χ3n) is 5.93. The summed E-state index contributed by atoms with van der Waals surface area (Å²) >= 11 is 0. The molecule has 0 unspecified atom stereocenters. The summed E-state index contributed by atoms with van der Waals surface area (Å²) in [7, 11) is -6.17. The quantitative estimate of drug-likeness (QED) is 0.211. The lowest BCUT2D eigenvalue weighted by atomic mass is 9.96. The Morgan fingerprint density at radius 2 is 1.10 bits per heavy atom. The molecule has 0 aliphatic carbocycles. The van der Waals surface area contributed by atoms with Gasteiger partial charge >= 0.3 is 0 Å². The van der Waals surface area contributed by atoms with Crippen molar-refractivity contribution < 1.29 is 21.6 Å². The Bertz CT molecular complexity index is 1770. The van der Waals surface area contributed by atoms with Gasteiger partial charge in [-0.15, -0.1) is 0 Å². The monoisotopic (exact) mass is 576 g/mol. The Labute approximate surface area is 234 Å². The zero-order chi connectivity index (χ0) is 28.8. The molecule has 0 aliphatic heterocycles. The normalized spacial score (nSPS) is 12.1. The molecular weight excluding hydrogens is 548 g/mol. The van der Waals surface area contributed by atoms with Gasteiger partial charge in [-0.25, -0.2) is 9.66 Å². The van der Waals surface area contributed by atoms with Crippen LogP contribution in [0.15, 0.2) is 111 Å². The molecule has 206 valence electrons. The number of hydrogen-bond donors (Lipinski definition) is 2. The number of benzene rings is 4. The van der Waals surface area contributed by atoms with Crippen molar-refractivity contribution in [3.8, 4) is 16.9 Å². The maximum absolute atomic E-state index is 12.6. The van der Waals surface area contributed by atoms with Gasteiger partial charge in [0.25, 0.3) is 20.0 Å². The van der Waals surface area contributed by atoms with Crippen molar-refractivity contribution in [3.05, 3.63) is 113 Å². The van der Waals surface area contributed by atoms with Crippen LogP contribution in [0.5, 0.6) is 5.75 Å². The van der Waals surface area contributed by atoms with Crippen molar-refractivity contribution in [2.75, 3.05) is 7.11 Å². The number of sulfonamides is 2. The van der Waals surface area contributed by atoms with Crippen molar-refractivity contribution in [1.29, 1.82) is 0 Å². The summed E-state index contributed by atoms with van der Waals surface area (Å²) < 4.78 is 55.9. The molecule has 0 fully saturated rings. The van der Waals surface area contributed by atoms with Crippen molar-refractivity contribution in [3.63, 3.8) is 0 Å². The molecule has 0 spiro atoms. The van der Waals surface area contributed by atoms with E-state index in [4.69, 9.17) is 4.74 Å². The van der Waals surface area contributed by atoms with E-state index in [1.807, 2.05) is 26.0 Å². The van der Waals surface area contributed by atoms with Crippen LogP contribution in [0.1, 0.15) is 22.3 Å². The van der Waals surface area contributed by atoms with Crippen LogP contribution in [0.25, 0.3) is 11.1 Å². The van der Waals surface area contributed by atoms with Gasteiger partial charge in [-0.3, -0.25) is 0 Å². The zero-order valence-corrected chi connectivity index (χ0v) is 23.7. The fourth-order valence-corrected chi connectivity index (χ4v) is 5.32. The second-order valence-electron chi connectivity index (χ2n) is 8.87. The van der Waals surface area contributed by atoms with Crippen LogP contribution in [0.3, 0.4) is 0 Å². The summed E-state index contributed by atoms with van der Waals surface area (Å²) in [6, 6.07) is 25.3. The van der Waals surface area contributed by atoms with Crippen LogP contribution in [-0.4, -0.2) is 36.4 Å². The van der Waals surface area contributed by atoms with E-state index in [0.29, 0.717) is 28.0 Å². The minimum absolute atomic E-state index is 0.0971. The first-order valence-corrected chi connectivity index (χ1v) is 15.1. The van der Waals surface area contributed by atoms with Gasteiger partial charge in [0, 0.05) is 11.1 Å². The summed E-state index contributed by atoms with van der Waals surface area (Å²) in [5.41, 5.74) is 4.45. The van der Waals surface area contributed by atoms with Crippen LogP contribution in [-0.2, 0) is 20.0 Å². The summed E-state index contributed by atoms with van der Waals surface area (Å²) in [6.45, 7) is 3.74. The predicted octanol–water partition coefficient (Wildman–Crippen LogP) is 4.60. The molecule has 0 atom stereocenters. The van der Waals surface area contributed by atoms with Gasteiger partial charge in [0.15, 0.2) is 0 Å². The molecule has 40 heavy (non-hydrogen) atoms. The molecule has 0 heterocycles. The number of rotatable bonds is 10. The number of nitrogens with zero attached hydrogens (tertiary/aromatic N) is 2. The van der Waals surface area contributed by atoms with Crippen LogP contribution < -0.4 is 14.4 Å². The summed E-state index contributed by atoms with van der Waals surface area (Å²) in [5, 5.41) is 7.97. The number of hydrogen-bond acceptors (Lipinski definition) is 7. The topological polar surface area (TPSA) is 126 Å². The van der Waals surface area contributed by atoms with E-state index in [9.17, 15) is 16.8 Å². The molecule has 0 aromatic heterocycles. The van der Waals surface area contributed by atoms with E-state index in [2.05, 4.69) is 19.9 Å². The molecule has 0 radical (unpaired) electrons. The molecule has 0 amide bonds. The number of hydrazone groups is 2. The zero-order valence-electron chi connectivity index (χ0n) is 22.1. The molecule has 0 bridgehead atoms. The molecule has 11 heteroatoms. The summed E-state index contributed by atoms with van der Waals surface area (Å²) in [6.07, 6.45) is 2.80. The molecule has 9 nitrogen and oxygen atoms in total. The van der Waals surface area contributed by atoms with Crippen LogP contribution >= 0.6 is 0 Å². The maximum atomic E-state index is 12.6. The first kappa shape index (κ1) is 28.5. The minimum Gasteiger partial charge on any atom is -0.497 e. The minimum atomic E-state index is -3.86. The predicted molar refractivity (Wildman–Crippen MR) is 157 cm³/mol. The van der Waals surface area contributed by atoms with E-state index < -0.39 is 20.0 Å². The fraction of sp³-hybridized carbons (Fsp3) is 0.103. The van der Waals surface area contributed by atoms with E-state index >= 15 is 0 Å².